The molecule has 0 aromatic carbocycles. The molecule has 0 saturated heterocycles. The second-order valence-electron chi connectivity index (χ2n) is 12.3. The molecule has 3 nitrogen and oxygen atoms in total. The molecule has 0 aromatic rings. The van der Waals surface area contributed by atoms with Gasteiger partial charge in [-0.25, -0.2) is 0 Å². The maximum Gasteiger partial charge on any atom is 0.148 e. The van der Waals surface area contributed by atoms with Gasteiger partial charge in [-0.2, -0.15) is 0 Å². The maximum absolute atomic E-state index is 9.60. The Hall–Kier alpha value is -1.68. The van der Waals surface area contributed by atoms with Crippen LogP contribution in [-0.2, 0) is 9.47 Å². The molecule has 0 radical (unpaired) electrons. The minimum absolute atomic E-state index is 0.153. The van der Waals surface area contributed by atoms with Crippen LogP contribution in [0.15, 0.2) is 72.9 Å². The molecule has 0 spiro atoms. The molecule has 3 heteroatoms. The monoisotopic (exact) mass is 456 g/mol. The van der Waals surface area contributed by atoms with Crippen molar-refractivity contribution in [2.75, 3.05) is 6.79 Å². The first-order valence-electron chi connectivity index (χ1n) is 13.8. The highest BCUT2D eigenvalue weighted by molar-refractivity contribution is 5.27. The average molecular weight is 457 g/mol. The number of allylic oxidation sites excluding steroid dienone is 9. The Morgan fingerprint density at radius 1 is 0.471 bits per heavy atom. The van der Waals surface area contributed by atoms with E-state index >= 15 is 0 Å². The van der Waals surface area contributed by atoms with Crippen LogP contribution in [0.1, 0.15) is 19.3 Å². The van der Waals surface area contributed by atoms with E-state index in [2.05, 4.69) is 66.8 Å². The quantitative estimate of drug-likeness (QED) is 0.473. The molecule has 9 rings (SSSR count). The van der Waals surface area contributed by atoms with Gasteiger partial charge < -0.3 is 14.6 Å². The predicted molar refractivity (Wildman–Crippen MR) is 131 cm³/mol. The summed E-state index contributed by atoms with van der Waals surface area (Å²) < 4.78 is 12.3. The molecule has 0 amide bonds. The van der Waals surface area contributed by atoms with Gasteiger partial charge in [0.15, 0.2) is 0 Å². The highest BCUT2D eigenvalue weighted by atomic mass is 16.7. The molecule has 3 saturated carbocycles. The summed E-state index contributed by atoms with van der Waals surface area (Å²) in [5.41, 5.74) is 0. The van der Waals surface area contributed by atoms with Gasteiger partial charge >= 0.3 is 0 Å². The van der Waals surface area contributed by atoms with Crippen molar-refractivity contribution in [2.45, 2.75) is 37.6 Å². The van der Waals surface area contributed by atoms with E-state index in [9.17, 15) is 5.11 Å². The molecule has 0 heterocycles. The van der Waals surface area contributed by atoms with Crippen molar-refractivity contribution in [2.24, 2.45) is 71.0 Å². The van der Waals surface area contributed by atoms with E-state index in [1.165, 1.54) is 19.3 Å². The van der Waals surface area contributed by atoms with E-state index < -0.39 is 0 Å². The first kappa shape index (κ1) is 20.5. The van der Waals surface area contributed by atoms with Crippen molar-refractivity contribution in [3.05, 3.63) is 72.9 Å². The fourth-order valence-corrected chi connectivity index (χ4v) is 9.55. The van der Waals surface area contributed by atoms with Gasteiger partial charge in [-0.1, -0.05) is 72.9 Å². The Morgan fingerprint density at radius 2 is 0.882 bits per heavy atom. The van der Waals surface area contributed by atoms with Crippen LogP contribution < -0.4 is 0 Å². The number of fused-ring (bicyclic) bond motifs is 15. The van der Waals surface area contributed by atoms with Crippen molar-refractivity contribution in [1.29, 1.82) is 0 Å². The Morgan fingerprint density at radius 3 is 1.38 bits per heavy atom. The first-order chi connectivity index (χ1) is 16.7. The van der Waals surface area contributed by atoms with Gasteiger partial charge in [0.05, 0.1) is 18.3 Å². The van der Waals surface area contributed by atoms with Crippen molar-refractivity contribution in [3.63, 3.8) is 0 Å². The van der Waals surface area contributed by atoms with Gasteiger partial charge in [0.1, 0.15) is 6.79 Å². The smallest absolute Gasteiger partial charge is 0.148 e. The third kappa shape index (κ3) is 2.93. The van der Waals surface area contributed by atoms with Crippen LogP contribution in [-0.4, -0.2) is 30.2 Å². The zero-order valence-corrected chi connectivity index (χ0v) is 19.7. The molecule has 15 atom stereocenters. The zero-order valence-electron chi connectivity index (χ0n) is 19.7. The molecule has 1 N–H and O–H groups in total. The van der Waals surface area contributed by atoms with Crippen molar-refractivity contribution >= 4 is 0 Å². The lowest BCUT2D eigenvalue weighted by Gasteiger charge is -2.28. The number of aliphatic hydroxyl groups is 1. The van der Waals surface area contributed by atoms with E-state index in [1.807, 2.05) is 6.08 Å². The van der Waals surface area contributed by atoms with E-state index in [1.54, 1.807) is 0 Å². The fraction of sp³-hybridized carbons (Fsp3) is 0.613. The zero-order chi connectivity index (χ0) is 22.4. The van der Waals surface area contributed by atoms with E-state index in [0.717, 1.165) is 41.4 Å². The van der Waals surface area contributed by atoms with Gasteiger partial charge in [-0.15, -0.1) is 0 Å². The summed E-state index contributed by atoms with van der Waals surface area (Å²) in [7, 11) is 0. The second-order valence-corrected chi connectivity index (χ2v) is 12.3. The number of aliphatic hydroxyl groups excluding tert-OH is 1. The summed E-state index contributed by atoms with van der Waals surface area (Å²) in [6, 6.07) is 0. The molecular formula is C31H36O3. The average Bonchev–Trinajstić information content (AvgIpc) is 3.66. The first-order valence-corrected chi connectivity index (χ1v) is 13.8. The maximum atomic E-state index is 9.60. The van der Waals surface area contributed by atoms with Gasteiger partial charge in [0.25, 0.3) is 0 Å². The normalized spacial score (nSPS) is 56.6. The third-order valence-corrected chi connectivity index (χ3v) is 11.0. The molecule has 9 aliphatic rings. The van der Waals surface area contributed by atoms with Crippen LogP contribution in [0, 0.1) is 71.0 Å². The summed E-state index contributed by atoms with van der Waals surface area (Å²) in [6.07, 6.45) is 32.2. The van der Waals surface area contributed by atoms with Gasteiger partial charge in [-0.3, -0.25) is 0 Å². The highest BCUT2D eigenvalue weighted by Gasteiger charge is 2.51. The van der Waals surface area contributed by atoms with Crippen molar-refractivity contribution in [3.8, 4) is 0 Å². The lowest BCUT2D eigenvalue weighted by Crippen LogP contribution is -2.30. The lowest BCUT2D eigenvalue weighted by atomic mass is 9.84. The molecule has 3 fully saturated rings. The van der Waals surface area contributed by atoms with Crippen LogP contribution in [0.25, 0.3) is 0 Å². The molecule has 34 heavy (non-hydrogen) atoms. The van der Waals surface area contributed by atoms with Crippen LogP contribution >= 0.6 is 0 Å². The summed E-state index contributed by atoms with van der Waals surface area (Å²) >= 11 is 0. The molecule has 6 bridgehead atoms. The Kier molecular flexibility index (Phi) is 4.62. The summed E-state index contributed by atoms with van der Waals surface area (Å²) in [6.45, 7) is 0.443. The van der Waals surface area contributed by atoms with Gasteiger partial charge in [-0.05, 0) is 72.5 Å². The standard InChI is InChI=1S/C21H24O2.C10H12O/c1-3-14-9-12(1)16-5-7-18(20(14)16)22-11-23-19-8-6-17-13-2-4-15(10-13)21(17)19;11-9-4-3-8-6-1-2-7(5-6)10(8)9/h1-8,12-21H,9-11H2;1-4,6-11H,5H2/t;6?,7?,8-,9+,10+/m.0/s1. The third-order valence-electron chi connectivity index (χ3n) is 11.0. The predicted octanol–water partition coefficient (Wildman–Crippen LogP) is 5.09. The van der Waals surface area contributed by atoms with E-state index in [0.29, 0.717) is 36.4 Å². The SMILES string of the molecule is C1=CC2CC1C1C=CC(OCOC3C=CC4C5C=CC(C5)C34)C21.O[C@@H]1C=C[C@H]2C3C=CC(C3)[C@@H]12. The molecule has 12 unspecified atom stereocenters. The molecule has 178 valence electrons. The van der Waals surface area contributed by atoms with Crippen LogP contribution in [0.4, 0.5) is 0 Å². The van der Waals surface area contributed by atoms with E-state index in [-0.39, 0.29) is 18.3 Å². The number of hydrogen-bond acceptors (Lipinski definition) is 3. The minimum Gasteiger partial charge on any atom is -0.389 e. The Labute approximate surface area is 203 Å². The highest BCUT2D eigenvalue weighted by Crippen LogP contribution is 2.55. The van der Waals surface area contributed by atoms with Gasteiger partial charge in [0.2, 0.25) is 0 Å². The molecule has 0 aliphatic heterocycles. The second kappa shape index (κ2) is 7.66. The fourth-order valence-electron chi connectivity index (χ4n) is 9.55. The van der Waals surface area contributed by atoms with Crippen molar-refractivity contribution in [1.82, 2.24) is 0 Å². The summed E-state index contributed by atoms with van der Waals surface area (Å²) in [5.74, 6) is 8.43. The largest absolute Gasteiger partial charge is 0.389 e. The molecule has 9 aliphatic carbocycles. The summed E-state index contributed by atoms with van der Waals surface area (Å²) in [4.78, 5) is 0. The topological polar surface area (TPSA) is 38.7 Å². The van der Waals surface area contributed by atoms with Gasteiger partial charge in [0, 0.05) is 17.8 Å². The van der Waals surface area contributed by atoms with Crippen molar-refractivity contribution < 1.29 is 14.6 Å². The number of ether oxygens (including phenoxy) is 2. The number of hydrogen-bond donors (Lipinski definition) is 1. The molecular weight excluding hydrogens is 420 g/mol. The minimum atomic E-state index is -0.153. The molecule has 0 aromatic heterocycles. The number of rotatable bonds is 4. The van der Waals surface area contributed by atoms with Crippen LogP contribution in [0.2, 0.25) is 0 Å². The van der Waals surface area contributed by atoms with Crippen LogP contribution in [0.5, 0.6) is 0 Å². The summed E-state index contributed by atoms with van der Waals surface area (Å²) in [5, 5.41) is 9.60. The lowest BCUT2D eigenvalue weighted by molar-refractivity contribution is -0.122. The Bertz CT molecular complexity index is 964. The van der Waals surface area contributed by atoms with E-state index in [4.69, 9.17) is 9.47 Å². The Balaban J connectivity index is 0.000000142. The van der Waals surface area contributed by atoms with Crippen LogP contribution in [0.3, 0.4) is 0 Å².